The summed E-state index contributed by atoms with van der Waals surface area (Å²) in [6.45, 7) is 0.0520. The number of phenols is 1. The number of hydrogen-bond donors (Lipinski definition) is 2. The molecule has 0 saturated heterocycles. The quantitative estimate of drug-likeness (QED) is 0.710. The van der Waals surface area contributed by atoms with Crippen molar-refractivity contribution in [2.75, 3.05) is 6.61 Å². The van der Waals surface area contributed by atoms with Crippen molar-refractivity contribution in [3.63, 3.8) is 0 Å². The van der Waals surface area contributed by atoms with Crippen LogP contribution in [0.15, 0.2) is 78.9 Å². The lowest BCUT2D eigenvalue weighted by Crippen LogP contribution is -2.09. The standard InChI is InChI=1S/C20H18O4/c21-19-9-5-4-8-18(19)20(22)14-23-15-10-12-17(13-11-15)24-16-6-2-1-3-7-16/h1-13,20-22H,14H2. The van der Waals surface area contributed by atoms with Gasteiger partial charge in [-0.25, -0.2) is 0 Å². The van der Waals surface area contributed by atoms with E-state index in [4.69, 9.17) is 9.47 Å². The van der Waals surface area contributed by atoms with E-state index in [0.717, 1.165) is 5.75 Å². The van der Waals surface area contributed by atoms with Crippen molar-refractivity contribution in [1.29, 1.82) is 0 Å². The lowest BCUT2D eigenvalue weighted by molar-refractivity contribution is 0.106. The van der Waals surface area contributed by atoms with Crippen LogP contribution < -0.4 is 9.47 Å². The highest BCUT2D eigenvalue weighted by Gasteiger charge is 2.12. The maximum absolute atomic E-state index is 10.1. The summed E-state index contributed by atoms with van der Waals surface area (Å²) in [6.07, 6.45) is -0.897. The Bertz CT molecular complexity index is 769. The summed E-state index contributed by atoms with van der Waals surface area (Å²) >= 11 is 0. The van der Waals surface area contributed by atoms with Crippen molar-refractivity contribution in [3.05, 3.63) is 84.4 Å². The number of phenolic OH excluding ortho intramolecular Hbond substituents is 1. The van der Waals surface area contributed by atoms with Crippen LogP contribution in [0.1, 0.15) is 11.7 Å². The fourth-order valence-electron chi connectivity index (χ4n) is 2.26. The summed E-state index contributed by atoms with van der Waals surface area (Å²) in [5.41, 5.74) is 0.446. The van der Waals surface area contributed by atoms with Gasteiger partial charge in [-0.1, -0.05) is 36.4 Å². The second kappa shape index (κ2) is 7.53. The van der Waals surface area contributed by atoms with Crippen LogP contribution in [0.4, 0.5) is 0 Å². The van der Waals surface area contributed by atoms with Crippen molar-refractivity contribution >= 4 is 0 Å². The normalized spacial score (nSPS) is 11.7. The molecule has 122 valence electrons. The number of benzene rings is 3. The molecule has 1 atom stereocenters. The predicted octanol–water partition coefficient (Wildman–Crippen LogP) is 4.30. The first-order valence-electron chi connectivity index (χ1n) is 7.64. The van der Waals surface area contributed by atoms with Crippen LogP contribution in [0, 0.1) is 0 Å². The van der Waals surface area contributed by atoms with Gasteiger partial charge >= 0.3 is 0 Å². The van der Waals surface area contributed by atoms with E-state index in [9.17, 15) is 10.2 Å². The maximum atomic E-state index is 10.1. The summed E-state index contributed by atoms with van der Waals surface area (Å²) < 4.78 is 11.3. The van der Waals surface area contributed by atoms with Crippen molar-refractivity contribution in [2.45, 2.75) is 6.10 Å². The van der Waals surface area contributed by atoms with Gasteiger partial charge in [0.25, 0.3) is 0 Å². The molecule has 4 nitrogen and oxygen atoms in total. The first-order valence-corrected chi connectivity index (χ1v) is 7.64. The zero-order chi connectivity index (χ0) is 16.8. The molecule has 0 aromatic heterocycles. The highest BCUT2D eigenvalue weighted by atomic mass is 16.5. The Morgan fingerprint density at radius 1 is 0.708 bits per heavy atom. The summed E-state index contributed by atoms with van der Waals surface area (Å²) in [6, 6.07) is 23.3. The molecule has 3 rings (SSSR count). The number of aliphatic hydroxyl groups excluding tert-OH is 1. The van der Waals surface area contributed by atoms with Gasteiger partial charge in [0.1, 0.15) is 35.7 Å². The minimum absolute atomic E-state index is 0.0520. The average Bonchev–Trinajstić information content (AvgIpc) is 2.62. The van der Waals surface area contributed by atoms with Crippen LogP contribution in [0.25, 0.3) is 0 Å². The zero-order valence-corrected chi connectivity index (χ0v) is 13.0. The molecule has 2 N–H and O–H groups in total. The van der Waals surface area contributed by atoms with Crippen molar-refractivity contribution in [2.24, 2.45) is 0 Å². The van der Waals surface area contributed by atoms with Gasteiger partial charge < -0.3 is 19.7 Å². The van der Waals surface area contributed by atoms with Crippen LogP contribution in [0.5, 0.6) is 23.0 Å². The molecule has 0 aliphatic heterocycles. The molecule has 0 amide bonds. The molecule has 3 aromatic carbocycles. The van der Waals surface area contributed by atoms with Gasteiger partial charge in [-0.15, -0.1) is 0 Å². The minimum Gasteiger partial charge on any atom is -0.508 e. The minimum atomic E-state index is -0.897. The fourth-order valence-corrected chi connectivity index (χ4v) is 2.26. The smallest absolute Gasteiger partial charge is 0.127 e. The van der Waals surface area contributed by atoms with E-state index in [1.165, 1.54) is 6.07 Å². The van der Waals surface area contributed by atoms with Gasteiger partial charge in [-0.3, -0.25) is 0 Å². The summed E-state index contributed by atoms with van der Waals surface area (Å²) in [4.78, 5) is 0. The van der Waals surface area contributed by atoms with Crippen LogP contribution >= 0.6 is 0 Å². The number of rotatable bonds is 6. The Kier molecular flexibility index (Phi) is 4.99. The Labute approximate surface area is 140 Å². The Morgan fingerprint density at radius 3 is 2.00 bits per heavy atom. The summed E-state index contributed by atoms with van der Waals surface area (Å²) in [5, 5.41) is 19.8. The second-order valence-corrected chi connectivity index (χ2v) is 5.27. The van der Waals surface area contributed by atoms with Gasteiger partial charge in [0, 0.05) is 5.56 Å². The number of aromatic hydroxyl groups is 1. The number of hydrogen-bond acceptors (Lipinski definition) is 4. The van der Waals surface area contributed by atoms with E-state index in [1.54, 1.807) is 42.5 Å². The third kappa shape index (κ3) is 4.06. The SMILES string of the molecule is Oc1ccccc1C(O)COc1ccc(Oc2ccccc2)cc1. The number of aliphatic hydroxyl groups is 1. The molecule has 0 radical (unpaired) electrons. The average molecular weight is 322 g/mol. The summed E-state index contributed by atoms with van der Waals surface area (Å²) in [7, 11) is 0. The van der Waals surface area contributed by atoms with E-state index >= 15 is 0 Å². The molecule has 0 fully saturated rings. The van der Waals surface area contributed by atoms with Crippen LogP contribution in [-0.2, 0) is 0 Å². The predicted molar refractivity (Wildman–Crippen MR) is 91.5 cm³/mol. The maximum Gasteiger partial charge on any atom is 0.127 e. The van der Waals surface area contributed by atoms with Gasteiger partial charge in [-0.2, -0.15) is 0 Å². The molecule has 0 saturated carbocycles. The first kappa shape index (κ1) is 15.9. The fraction of sp³-hybridized carbons (Fsp3) is 0.100. The molecule has 0 heterocycles. The third-order valence-corrected chi connectivity index (χ3v) is 3.51. The lowest BCUT2D eigenvalue weighted by atomic mass is 10.1. The van der Waals surface area contributed by atoms with E-state index in [0.29, 0.717) is 17.1 Å². The molecule has 1 unspecified atom stereocenters. The van der Waals surface area contributed by atoms with Crippen molar-refractivity contribution in [3.8, 4) is 23.0 Å². The Hall–Kier alpha value is -2.98. The second-order valence-electron chi connectivity index (χ2n) is 5.27. The Morgan fingerprint density at radius 2 is 1.29 bits per heavy atom. The topological polar surface area (TPSA) is 58.9 Å². The first-order chi connectivity index (χ1) is 11.7. The monoisotopic (exact) mass is 322 g/mol. The molecular formula is C20H18O4. The third-order valence-electron chi connectivity index (χ3n) is 3.51. The molecule has 3 aromatic rings. The van der Waals surface area contributed by atoms with Crippen LogP contribution in [-0.4, -0.2) is 16.8 Å². The molecular weight excluding hydrogens is 304 g/mol. The van der Waals surface area contributed by atoms with E-state index in [-0.39, 0.29) is 12.4 Å². The summed E-state index contributed by atoms with van der Waals surface area (Å²) in [5.74, 6) is 2.14. The molecule has 4 heteroatoms. The van der Waals surface area contributed by atoms with E-state index in [1.807, 2.05) is 30.3 Å². The van der Waals surface area contributed by atoms with Crippen LogP contribution in [0.3, 0.4) is 0 Å². The van der Waals surface area contributed by atoms with Gasteiger partial charge in [0.05, 0.1) is 0 Å². The number of ether oxygens (including phenoxy) is 2. The van der Waals surface area contributed by atoms with E-state index in [2.05, 4.69) is 0 Å². The highest BCUT2D eigenvalue weighted by Crippen LogP contribution is 2.26. The molecule has 0 bridgehead atoms. The van der Waals surface area contributed by atoms with Crippen molar-refractivity contribution in [1.82, 2.24) is 0 Å². The largest absolute Gasteiger partial charge is 0.508 e. The van der Waals surface area contributed by atoms with Crippen LogP contribution in [0.2, 0.25) is 0 Å². The zero-order valence-electron chi connectivity index (χ0n) is 13.0. The molecule has 0 aliphatic rings. The Balaban J connectivity index is 1.57. The van der Waals surface area contributed by atoms with E-state index < -0.39 is 6.10 Å². The molecule has 0 aliphatic carbocycles. The lowest BCUT2D eigenvalue weighted by Gasteiger charge is -2.14. The molecule has 0 spiro atoms. The number of para-hydroxylation sites is 2. The van der Waals surface area contributed by atoms with Gasteiger partial charge in [0.15, 0.2) is 0 Å². The molecule has 24 heavy (non-hydrogen) atoms. The van der Waals surface area contributed by atoms with Gasteiger partial charge in [-0.05, 0) is 42.5 Å². The van der Waals surface area contributed by atoms with Gasteiger partial charge in [0.2, 0.25) is 0 Å². The van der Waals surface area contributed by atoms with Crippen molar-refractivity contribution < 1.29 is 19.7 Å². The highest BCUT2D eigenvalue weighted by molar-refractivity contribution is 5.36.